The molecule has 0 aliphatic rings. The van der Waals surface area contributed by atoms with E-state index in [9.17, 15) is 4.79 Å². The maximum Gasteiger partial charge on any atom is 0.319 e. The molecule has 7 heteroatoms. The molecule has 20 heavy (non-hydrogen) atoms. The van der Waals surface area contributed by atoms with Gasteiger partial charge in [0, 0.05) is 35.4 Å². The molecule has 5 nitrogen and oxygen atoms in total. The second kappa shape index (κ2) is 7.21. The fraction of sp³-hybridized carbons (Fsp3) is 0.231. The van der Waals surface area contributed by atoms with Gasteiger partial charge < -0.3 is 15.2 Å². The molecule has 106 valence electrons. The molecule has 0 saturated carbocycles. The number of carbonyl (C=O) groups excluding carboxylic acids is 1. The first-order valence-corrected chi connectivity index (χ1v) is 7.63. The lowest BCUT2D eigenvalue weighted by Crippen LogP contribution is -2.31. The Bertz CT molecular complexity index is 574. The highest BCUT2D eigenvalue weighted by atomic mass is 35.5. The maximum absolute atomic E-state index is 11.8. The summed E-state index contributed by atoms with van der Waals surface area (Å²) in [7, 11) is 0. The van der Waals surface area contributed by atoms with Gasteiger partial charge in [0.1, 0.15) is 0 Å². The van der Waals surface area contributed by atoms with E-state index in [4.69, 9.17) is 11.6 Å². The first-order chi connectivity index (χ1) is 9.69. The fourth-order valence-corrected chi connectivity index (χ4v) is 2.37. The van der Waals surface area contributed by atoms with Crippen LogP contribution in [0.15, 0.2) is 41.8 Å². The molecule has 0 atom stereocenters. The lowest BCUT2D eigenvalue weighted by molar-refractivity contribution is 0.251. The highest BCUT2D eigenvalue weighted by Gasteiger charge is 2.06. The van der Waals surface area contributed by atoms with E-state index in [0.29, 0.717) is 23.8 Å². The number of amides is 2. The quantitative estimate of drug-likeness (QED) is 0.834. The average molecular weight is 311 g/mol. The van der Waals surface area contributed by atoms with Gasteiger partial charge in [-0.1, -0.05) is 11.6 Å². The summed E-state index contributed by atoms with van der Waals surface area (Å²) in [5, 5.41) is 6.19. The number of carbonyl (C=O) groups is 1. The molecular formula is C13H15ClN4OS. The van der Waals surface area contributed by atoms with Crippen molar-refractivity contribution in [1.29, 1.82) is 0 Å². The molecule has 1 aromatic heterocycles. The average Bonchev–Trinajstić information content (AvgIpc) is 2.92. The zero-order chi connectivity index (χ0) is 14.4. The topological polar surface area (TPSA) is 59.0 Å². The molecule has 0 bridgehead atoms. The Morgan fingerprint density at radius 3 is 3.05 bits per heavy atom. The largest absolute Gasteiger partial charge is 0.336 e. The normalized spacial score (nSPS) is 10.3. The van der Waals surface area contributed by atoms with Crippen LogP contribution in [0.2, 0.25) is 5.02 Å². The number of hydrogen-bond acceptors (Lipinski definition) is 3. The molecule has 0 aliphatic heterocycles. The number of anilines is 1. The number of thioether (sulfide) groups is 1. The molecule has 2 N–H and O–H groups in total. The van der Waals surface area contributed by atoms with Crippen LogP contribution in [0.4, 0.5) is 10.5 Å². The van der Waals surface area contributed by atoms with E-state index in [1.165, 1.54) is 0 Å². The minimum atomic E-state index is -0.248. The summed E-state index contributed by atoms with van der Waals surface area (Å²) >= 11 is 7.49. The molecule has 0 spiro atoms. The van der Waals surface area contributed by atoms with Crippen molar-refractivity contribution in [2.24, 2.45) is 0 Å². The van der Waals surface area contributed by atoms with Crippen LogP contribution in [0.1, 0.15) is 0 Å². The molecule has 0 fully saturated rings. The van der Waals surface area contributed by atoms with Crippen LogP contribution in [-0.2, 0) is 6.54 Å². The Hall–Kier alpha value is -1.66. The monoisotopic (exact) mass is 310 g/mol. The molecular weight excluding hydrogens is 296 g/mol. The molecule has 1 heterocycles. The van der Waals surface area contributed by atoms with Crippen molar-refractivity contribution in [3.05, 3.63) is 41.9 Å². The van der Waals surface area contributed by atoms with Gasteiger partial charge >= 0.3 is 6.03 Å². The number of nitrogens with zero attached hydrogens (tertiary/aromatic N) is 2. The van der Waals surface area contributed by atoms with Crippen molar-refractivity contribution in [1.82, 2.24) is 14.9 Å². The van der Waals surface area contributed by atoms with E-state index in [2.05, 4.69) is 15.6 Å². The summed E-state index contributed by atoms with van der Waals surface area (Å²) in [4.78, 5) is 16.7. The van der Waals surface area contributed by atoms with Crippen LogP contribution in [0, 0.1) is 0 Å². The van der Waals surface area contributed by atoms with Crippen LogP contribution in [0.5, 0.6) is 0 Å². The van der Waals surface area contributed by atoms with E-state index in [1.807, 2.05) is 23.1 Å². The van der Waals surface area contributed by atoms with Crippen LogP contribution in [0.3, 0.4) is 0 Å². The van der Waals surface area contributed by atoms with Gasteiger partial charge in [-0.3, -0.25) is 0 Å². The van der Waals surface area contributed by atoms with Crippen molar-refractivity contribution in [3.63, 3.8) is 0 Å². The third-order valence-corrected chi connectivity index (χ3v) is 3.66. The Balaban J connectivity index is 1.86. The van der Waals surface area contributed by atoms with Gasteiger partial charge in [-0.05, 0) is 24.5 Å². The number of urea groups is 1. The second-order valence-corrected chi connectivity index (χ2v) is 5.31. The summed E-state index contributed by atoms with van der Waals surface area (Å²) in [6.45, 7) is 1.20. The standard InChI is InChI=1S/C13H15ClN4OS/c1-20-12-3-2-10(14)8-11(12)17-13(19)16-5-7-18-6-4-15-9-18/h2-4,6,8-9H,5,7H2,1H3,(H2,16,17,19). The molecule has 0 saturated heterocycles. The first-order valence-electron chi connectivity index (χ1n) is 6.03. The van der Waals surface area contributed by atoms with Crippen LogP contribution < -0.4 is 10.6 Å². The summed E-state index contributed by atoms with van der Waals surface area (Å²) in [6.07, 6.45) is 7.22. The maximum atomic E-state index is 11.8. The van der Waals surface area contributed by atoms with Gasteiger partial charge in [0.05, 0.1) is 12.0 Å². The molecule has 0 aliphatic carbocycles. The minimum absolute atomic E-state index is 0.248. The summed E-state index contributed by atoms with van der Waals surface area (Å²) < 4.78 is 1.90. The first kappa shape index (κ1) is 14.7. The number of rotatable bonds is 5. The molecule has 2 aromatic rings. The van der Waals surface area contributed by atoms with Gasteiger partial charge in [0.15, 0.2) is 0 Å². The lowest BCUT2D eigenvalue weighted by Gasteiger charge is -2.11. The molecule has 0 radical (unpaired) electrons. The number of benzene rings is 1. The molecule has 2 rings (SSSR count). The Labute approximate surface area is 126 Å². The highest BCUT2D eigenvalue weighted by molar-refractivity contribution is 7.98. The number of hydrogen-bond donors (Lipinski definition) is 2. The van der Waals surface area contributed by atoms with Crippen LogP contribution in [0.25, 0.3) is 0 Å². The fourth-order valence-electron chi connectivity index (χ4n) is 1.66. The number of aromatic nitrogens is 2. The van der Waals surface area contributed by atoms with Gasteiger partial charge in [-0.15, -0.1) is 11.8 Å². The van der Waals surface area contributed by atoms with Crippen molar-refractivity contribution < 1.29 is 4.79 Å². The van der Waals surface area contributed by atoms with Crippen molar-refractivity contribution in [3.8, 4) is 0 Å². The Morgan fingerprint density at radius 2 is 2.35 bits per heavy atom. The third kappa shape index (κ3) is 4.18. The van der Waals surface area contributed by atoms with E-state index in [0.717, 1.165) is 4.90 Å². The van der Waals surface area contributed by atoms with Gasteiger partial charge in [-0.2, -0.15) is 0 Å². The molecule has 0 unspecified atom stereocenters. The number of halogens is 1. The van der Waals surface area contributed by atoms with Crippen molar-refractivity contribution in [2.75, 3.05) is 18.1 Å². The van der Waals surface area contributed by atoms with Crippen molar-refractivity contribution >= 4 is 35.1 Å². The number of nitrogens with one attached hydrogen (secondary N) is 2. The van der Waals surface area contributed by atoms with Crippen LogP contribution >= 0.6 is 23.4 Å². The van der Waals surface area contributed by atoms with Gasteiger partial charge in [0.2, 0.25) is 0 Å². The third-order valence-electron chi connectivity index (χ3n) is 2.62. The zero-order valence-corrected chi connectivity index (χ0v) is 12.5. The molecule has 2 amide bonds. The minimum Gasteiger partial charge on any atom is -0.336 e. The van der Waals surface area contributed by atoms with E-state index >= 15 is 0 Å². The van der Waals surface area contributed by atoms with E-state index in [-0.39, 0.29) is 6.03 Å². The lowest BCUT2D eigenvalue weighted by atomic mass is 10.3. The van der Waals surface area contributed by atoms with Gasteiger partial charge in [-0.25, -0.2) is 9.78 Å². The van der Waals surface area contributed by atoms with Crippen LogP contribution in [-0.4, -0.2) is 28.4 Å². The van der Waals surface area contributed by atoms with E-state index < -0.39 is 0 Å². The second-order valence-electron chi connectivity index (χ2n) is 4.03. The SMILES string of the molecule is CSc1ccc(Cl)cc1NC(=O)NCCn1ccnc1. The summed E-state index contributed by atoms with van der Waals surface area (Å²) in [6, 6.07) is 5.18. The Morgan fingerprint density at radius 1 is 1.50 bits per heavy atom. The van der Waals surface area contributed by atoms with E-state index in [1.54, 1.807) is 36.4 Å². The smallest absolute Gasteiger partial charge is 0.319 e. The zero-order valence-electron chi connectivity index (χ0n) is 11.0. The number of imidazole rings is 1. The predicted octanol–water partition coefficient (Wildman–Crippen LogP) is 3.08. The van der Waals surface area contributed by atoms with Crippen molar-refractivity contribution in [2.45, 2.75) is 11.4 Å². The summed E-state index contributed by atoms with van der Waals surface area (Å²) in [5.74, 6) is 0. The van der Waals surface area contributed by atoms with Gasteiger partial charge in [0.25, 0.3) is 0 Å². The predicted molar refractivity (Wildman–Crippen MR) is 82.5 cm³/mol. The highest BCUT2D eigenvalue weighted by Crippen LogP contribution is 2.28. The Kier molecular flexibility index (Phi) is 5.31. The summed E-state index contributed by atoms with van der Waals surface area (Å²) in [5.41, 5.74) is 0.713. The molecule has 1 aromatic carbocycles.